The summed E-state index contributed by atoms with van der Waals surface area (Å²) in [5.41, 5.74) is 1.20. The summed E-state index contributed by atoms with van der Waals surface area (Å²) in [6.45, 7) is 3.83. The first kappa shape index (κ1) is 11.2. The zero-order chi connectivity index (χ0) is 10.6. The molecule has 1 heterocycles. The fourth-order valence-electron chi connectivity index (χ4n) is 1.24. The van der Waals surface area contributed by atoms with E-state index in [1.165, 1.54) is 12.7 Å². The number of thiophene rings is 1. The third kappa shape index (κ3) is 2.82. The summed E-state index contributed by atoms with van der Waals surface area (Å²) in [5, 5.41) is 7.26. The van der Waals surface area contributed by atoms with E-state index in [-0.39, 0.29) is 18.1 Å². The lowest BCUT2D eigenvalue weighted by atomic mass is 10.1. The van der Waals surface area contributed by atoms with E-state index in [9.17, 15) is 4.79 Å². The monoisotopic (exact) mass is 213 g/mol. The van der Waals surface area contributed by atoms with Gasteiger partial charge in [-0.15, -0.1) is 0 Å². The largest absolute Gasteiger partial charge is 0.468 e. The molecule has 1 aromatic rings. The third-order valence-corrected chi connectivity index (χ3v) is 2.80. The van der Waals surface area contributed by atoms with Gasteiger partial charge in [0.25, 0.3) is 0 Å². The second-order valence-electron chi connectivity index (χ2n) is 3.19. The number of carbonyl (C=O) groups excluding carboxylic acids is 1. The van der Waals surface area contributed by atoms with Crippen molar-refractivity contribution in [1.29, 1.82) is 0 Å². The summed E-state index contributed by atoms with van der Waals surface area (Å²) < 4.78 is 4.63. The van der Waals surface area contributed by atoms with Crippen molar-refractivity contribution in [2.24, 2.45) is 0 Å². The van der Waals surface area contributed by atoms with E-state index in [4.69, 9.17) is 0 Å². The Morgan fingerprint density at radius 3 is 2.79 bits per heavy atom. The van der Waals surface area contributed by atoms with E-state index in [0.29, 0.717) is 0 Å². The minimum absolute atomic E-state index is 0.176. The Kier molecular flexibility index (Phi) is 4.10. The summed E-state index contributed by atoms with van der Waals surface area (Å²) in [6.07, 6.45) is 0. The lowest BCUT2D eigenvalue weighted by Gasteiger charge is -2.17. The smallest absolute Gasteiger partial charge is 0.322 e. The average Bonchev–Trinajstić information content (AvgIpc) is 2.69. The topological polar surface area (TPSA) is 38.3 Å². The number of methoxy groups -OCH3 is 1. The highest BCUT2D eigenvalue weighted by molar-refractivity contribution is 7.07. The van der Waals surface area contributed by atoms with Crippen LogP contribution in [0.1, 0.15) is 25.5 Å². The molecular formula is C10H15NO2S. The second kappa shape index (κ2) is 5.12. The van der Waals surface area contributed by atoms with Crippen molar-refractivity contribution in [3.63, 3.8) is 0 Å². The number of ether oxygens (including phenoxy) is 1. The lowest BCUT2D eigenvalue weighted by molar-refractivity contribution is -0.142. The predicted molar refractivity (Wildman–Crippen MR) is 57.3 cm³/mol. The molecule has 1 aromatic heterocycles. The molecule has 4 heteroatoms. The van der Waals surface area contributed by atoms with E-state index in [2.05, 4.69) is 15.4 Å². The quantitative estimate of drug-likeness (QED) is 0.777. The van der Waals surface area contributed by atoms with Crippen LogP contribution in [0, 0.1) is 0 Å². The van der Waals surface area contributed by atoms with Crippen LogP contribution in [0.25, 0.3) is 0 Å². The van der Waals surface area contributed by atoms with Gasteiger partial charge in [0.1, 0.15) is 6.04 Å². The van der Waals surface area contributed by atoms with Gasteiger partial charge in [0.05, 0.1) is 7.11 Å². The zero-order valence-corrected chi connectivity index (χ0v) is 9.43. The summed E-state index contributed by atoms with van der Waals surface area (Å²) in [5.74, 6) is -0.230. The van der Waals surface area contributed by atoms with Crippen LogP contribution < -0.4 is 5.32 Å². The Morgan fingerprint density at radius 1 is 1.57 bits per heavy atom. The molecular weight excluding hydrogens is 198 g/mol. The van der Waals surface area contributed by atoms with Gasteiger partial charge in [0.2, 0.25) is 0 Å². The van der Waals surface area contributed by atoms with Gasteiger partial charge in [-0.2, -0.15) is 11.3 Å². The number of nitrogens with one attached hydrogen (secondary N) is 1. The van der Waals surface area contributed by atoms with Gasteiger partial charge in [-0.3, -0.25) is 10.1 Å². The SMILES string of the molecule is COC(=O)C(C)NC(C)c1ccsc1. The normalized spacial score (nSPS) is 14.8. The molecule has 3 nitrogen and oxygen atoms in total. The van der Waals surface area contributed by atoms with Crippen molar-refractivity contribution in [2.45, 2.75) is 25.9 Å². The number of esters is 1. The maximum absolute atomic E-state index is 11.1. The lowest BCUT2D eigenvalue weighted by Crippen LogP contribution is -2.36. The molecule has 14 heavy (non-hydrogen) atoms. The predicted octanol–water partition coefficient (Wildman–Crippen LogP) is 1.96. The van der Waals surface area contributed by atoms with Crippen molar-refractivity contribution in [3.8, 4) is 0 Å². The first-order valence-electron chi connectivity index (χ1n) is 4.51. The van der Waals surface area contributed by atoms with Crippen LogP contribution in [0.5, 0.6) is 0 Å². The van der Waals surface area contributed by atoms with Crippen LogP contribution in [0.2, 0.25) is 0 Å². The molecule has 0 bridgehead atoms. The third-order valence-electron chi connectivity index (χ3n) is 2.10. The van der Waals surface area contributed by atoms with Crippen LogP contribution in [0.15, 0.2) is 16.8 Å². The molecule has 78 valence electrons. The van der Waals surface area contributed by atoms with Gasteiger partial charge in [-0.05, 0) is 36.2 Å². The Bertz CT molecular complexity index is 284. The molecule has 0 aliphatic rings. The van der Waals surface area contributed by atoms with Crippen molar-refractivity contribution >= 4 is 17.3 Å². The molecule has 2 unspecified atom stereocenters. The molecule has 0 aliphatic heterocycles. The van der Waals surface area contributed by atoms with Gasteiger partial charge >= 0.3 is 5.97 Å². The van der Waals surface area contributed by atoms with Crippen molar-refractivity contribution in [3.05, 3.63) is 22.4 Å². The van der Waals surface area contributed by atoms with Crippen LogP contribution in [-0.4, -0.2) is 19.1 Å². The zero-order valence-electron chi connectivity index (χ0n) is 8.61. The Morgan fingerprint density at radius 2 is 2.29 bits per heavy atom. The summed E-state index contributed by atoms with van der Waals surface area (Å²) in [7, 11) is 1.40. The van der Waals surface area contributed by atoms with E-state index in [1.807, 2.05) is 18.4 Å². The average molecular weight is 213 g/mol. The second-order valence-corrected chi connectivity index (χ2v) is 3.97. The van der Waals surface area contributed by atoms with Crippen LogP contribution >= 0.6 is 11.3 Å². The molecule has 0 spiro atoms. The maximum Gasteiger partial charge on any atom is 0.322 e. The van der Waals surface area contributed by atoms with E-state index < -0.39 is 0 Å². The van der Waals surface area contributed by atoms with Gasteiger partial charge in [-0.25, -0.2) is 0 Å². The molecule has 2 atom stereocenters. The highest BCUT2D eigenvalue weighted by Gasteiger charge is 2.16. The molecule has 1 N–H and O–H groups in total. The molecule has 0 aromatic carbocycles. The molecule has 1 rings (SSSR count). The minimum Gasteiger partial charge on any atom is -0.468 e. The number of hydrogen-bond acceptors (Lipinski definition) is 4. The van der Waals surface area contributed by atoms with E-state index in [0.717, 1.165) is 0 Å². The Labute approximate surface area is 88.1 Å². The standard InChI is InChI=1S/C10H15NO2S/c1-7(9-4-5-14-6-9)11-8(2)10(12)13-3/h4-8,11H,1-3H3. The van der Waals surface area contributed by atoms with E-state index in [1.54, 1.807) is 18.3 Å². The van der Waals surface area contributed by atoms with Gasteiger partial charge in [0, 0.05) is 6.04 Å². The number of rotatable bonds is 4. The first-order valence-corrected chi connectivity index (χ1v) is 5.45. The van der Waals surface area contributed by atoms with Gasteiger partial charge in [0.15, 0.2) is 0 Å². The Balaban J connectivity index is 2.49. The summed E-state index contributed by atoms with van der Waals surface area (Å²) >= 11 is 1.65. The fourth-order valence-corrected chi connectivity index (χ4v) is 1.99. The molecule has 0 saturated carbocycles. The molecule has 0 radical (unpaired) electrons. The van der Waals surface area contributed by atoms with Crippen molar-refractivity contribution < 1.29 is 9.53 Å². The summed E-state index contributed by atoms with van der Waals surface area (Å²) in [4.78, 5) is 11.1. The summed E-state index contributed by atoms with van der Waals surface area (Å²) in [6, 6.07) is 1.96. The van der Waals surface area contributed by atoms with Crippen LogP contribution in [-0.2, 0) is 9.53 Å². The Hall–Kier alpha value is -0.870. The van der Waals surface area contributed by atoms with Crippen LogP contribution in [0.3, 0.4) is 0 Å². The van der Waals surface area contributed by atoms with Crippen molar-refractivity contribution in [1.82, 2.24) is 5.32 Å². The van der Waals surface area contributed by atoms with Gasteiger partial charge in [-0.1, -0.05) is 0 Å². The highest BCUT2D eigenvalue weighted by atomic mass is 32.1. The molecule has 0 amide bonds. The van der Waals surface area contributed by atoms with Crippen molar-refractivity contribution in [2.75, 3.05) is 7.11 Å². The first-order chi connectivity index (χ1) is 6.65. The maximum atomic E-state index is 11.1. The van der Waals surface area contributed by atoms with E-state index >= 15 is 0 Å². The minimum atomic E-state index is -0.269. The highest BCUT2D eigenvalue weighted by Crippen LogP contribution is 2.16. The molecule has 0 aliphatic carbocycles. The number of hydrogen-bond donors (Lipinski definition) is 1. The number of carbonyl (C=O) groups is 1. The van der Waals surface area contributed by atoms with Gasteiger partial charge < -0.3 is 4.74 Å². The molecule has 0 saturated heterocycles. The molecule has 0 fully saturated rings. The fraction of sp³-hybridized carbons (Fsp3) is 0.500. The van der Waals surface area contributed by atoms with Crippen LogP contribution in [0.4, 0.5) is 0 Å².